The van der Waals surface area contributed by atoms with Crippen LogP contribution >= 0.6 is 0 Å². The number of pyridine rings is 1. The van der Waals surface area contributed by atoms with Gasteiger partial charge in [0.25, 0.3) is 0 Å². The molecule has 0 aliphatic carbocycles. The fourth-order valence-electron chi connectivity index (χ4n) is 2.44. The molecule has 1 heterocycles. The molecule has 0 aliphatic heterocycles. The molecule has 0 N–H and O–H groups in total. The summed E-state index contributed by atoms with van der Waals surface area (Å²) in [5.41, 5.74) is 1.17. The van der Waals surface area contributed by atoms with Crippen molar-refractivity contribution in [3.8, 4) is 0 Å². The van der Waals surface area contributed by atoms with E-state index in [0.29, 0.717) is 0 Å². The second-order valence-electron chi connectivity index (χ2n) is 6.51. The number of hydrogen-bond acceptors (Lipinski definition) is 2. The Morgan fingerprint density at radius 1 is 0.957 bits per heavy atom. The Bertz CT molecular complexity index is 850. The summed E-state index contributed by atoms with van der Waals surface area (Å²) in [4.78, 5) is 17.2. The second kappa shape index (κ2) is 6.43. The predicted octanol–water partition coefficient (Wildman–Crippen LogP) is 3.12. The van der Waals surface area contributed by atoms with Gasteiger partial charge in [0.15, 0.2) is 0 Å². The summed E-state index contributed by atoms with van der Waals surface area (Å²) in [5.74, 6) is 0.146. The van der Waals surface area contributed by atoms with E-state index < -0.39 is 26.3 Å². The number of carbonyl (C=O) groups is 1. The molecule has 0 saturated heterocycles. The van der Waals surface area contributed by atoms with Gasteiger partial charge in [0.2, 0.25) is 0 Å². The van der Waals surface area contributed by atoms with Crippen LogP contribution in [0.15, 0.2) is 60.8 Å². The summed E-state index contributed by atoms with van der Waals surface area (Å²) in [5, 5.41) is 1.12. The molecule has 116 valence electrons. The molecule has 0 bridgehead atoms. The first kappa shape index (κ1) is 16.2. The van der Waals surface area contributed by atoms with Crippen molar-refractivity contribution in [3.63, 3.8) is 0 Å². The monoisotopic (exact) mass is 419 g/mol. The molecule has 0 amide bonds. The number of rotatable bonds is 3. The molecule has 0 atom stereocenters. The Morgan fingerprint density at radius 3 is 2.39 bits per heavy atom. The van der Waals surface area contributed by atoms with Crippen molar-refractivity contribution < 1.29 is 4.79 Å². The van der Waals surface area contributed by atoms with Gasteiger partial charge in [-0.2, -0.15) is 0 Å². The number of Topliss-reactive ketones (excluding diaryl/α,β-unsaturated/α-hetero) is 1. The third-order valence-corrected chi connectivity index (χ3v) is 6.72. The molecule has 0 fully saturated rings. The molecule has 0 unspecified atom stereocenters. The summed E-state index contributed by atoms with van der Waals surface area (Å²) in [7, 11) is 0. The molecule has 1 aromatic heterocycles. The summed E-state index contributed by atoms with van der Waals surface area (Å²) in [6.45, 7) is 5.86. The van der Waals surface area contributed by atoms with Crippen LogP contribution in [-0.4, -0.2) is 31.7 Å². The van der Waals surface area contributed by atoms with Crippen molar-refractivity contribution in [2.75, 3.05) is 0 Å². The standard InChI is InChI=1S/C20H19NOTe/c1-20(2,3)19(22)16-11-12-17(15-10-7-13-21-18(15)16)23-14-8-5-4-6-9-14/h4-13H,1-3H3. The zero-order chi connectivity index (χ0) is 16.4. The first-order valence-electron chi connectivity index (χ1n) is 7.62. The molecule has 2 aromatic carbocycles. The zero-order valence-corrected chi connectivity index (χ0v) is 15.9. The average molecular weight is 417 g/mol. The van der Waals surface area contributed by atoms with E-state index in [2.05, 4.69) is 41.4 Å². The van der Waals surface area contributed by atoms with Crippen molar-refractivity contribution in [2.45, 2.75) is 20.8 Å². The van der Waals surface area contributed by atoms with Crippen molar-refractivity contribution in [1.29, 1.82) is 0 Å². The average Bonchev–Trinajstić information content (AvgIpc) is 2.55. The first-order valence-corrected chi connectivity index (χ1v) is 9.95. The molecule has 2 nitrogen and oxygen atoms in total. The Hall–Kier alpha value is -1.69. The van der Waals surface area contributed by atoms with E-state index in [4.69, 9.17) is 0 Å². The number of nitrogens with zero attached hydrogens (tertiary/aromatic N) is 1. The maximum absolute atomic E-state index is 12.7. The Kier molecular flexibility index (Phi) is 4.52. The molecule has 0 spiro atoms. The molecule has 0 radical (unpaired) electrons. The quantitative estimate of drug-likeness (QED) is 0.485. The van der Waals surface area contributed by atoms with E-state index in [1.165, 1.54) is 7.22 Å². The van der Waals surface area contributed by atoms with E-state index in [0.717, 1.165) is 16.5 Å². The maximum atomic E-state index is 12.7. The number of benzene rings is 2. The van der Waals surface area contributed by atoms with E-state index in [-0.39, 0.29) is 5.78 Å². The summed E-state index contributed by atoms with van der Waals surface area (Å²) >= 11 is -0.491. The Balaban J connectivity index is 2.11. The molecular formula is C20H19NOTe. The van der Waals surface area contributed by atoms with Crippen LogP contribution in [0.4, 0.5) is 0 Å². The minimum absolute atomic E-state index is 0.146. The van der Waals surface area contributed by atoms with Crippen LogP contribution in [0.1, 0.15) is 31.1 Å². The third kappa shape index (κ3) is 3.47. The van der Waals surface area contributed by atoms with Gasteiger partial charge < -0.3 is 0 Å². The van der Waals surface area contributed by atoms with Crippen LogP contribution in [0.25, 0.3) is 10.9 Å². The number of fused-ring (bicyclic) bond motifs is 1. The summed E-state index contributed by atoms with van der Waals surface area (Å²) in [6, 6.07) is 18.7. The predicted molar refractivity (Wildman–Crippen MR) is 97.0 cm³/mol. The van der Waals surface area contributed by atoms with Crippen molar-refractivity contribution in [1.82, 2.24) is 4.98 Å². The van der Waals surface area contributed by atoms with Gasteiger partial charge in [-0.05, 0) is 0 Å². The zero-order valence-electron chi connectivity index (χ0n) is 13.5. The van der Waals surface area contributed by atoms with E-state index in [1.807, 2.05) is 39.0 Å². The van der Waals surface area contributed by atoms with Crippen molar-refractivity contribution >= 4 is 44.8 Å². The normalized spacial score (nSPS) is 11.6. The van der Waals surface area contributed by atoms with Gasteiger partial charge >= 0.3 is 147 Å². The van der Waals surface area contributed by atoms with Gasteiger partial charge in [-0.25, -0.2) is 0 Å². The molecule has 3 aromatic rings. The van der Waals surface area contributed by atoms with Crippen LogP contribution in [0, 0.1) is 5.41 Å². The molecule has 3 rings (SSSR count). The number of hydrogen-bond donors (Lipinski definition) is 0. The topological polar surface area (TPSA) is 30.0 Å². The Morgan fingerprint density at radius 2 is 1.70 bits per heavy atom. The molecular weight excluding hydrogens is 398 g/mol. The fourth-order valence-corrected chi connectivity index (χ4v) is 5.17. The second-order valence-corrected chi connectivity index (χ2v) is 9.69. The molecule has 23 heavy (non-hydrogen) atoms. The van der Waals surface area contributed by atoms with Gasteiger partial charge in [0, 0.05) is 0 Å². The number of aromatic nitrogens is 1. The molecule has 3 heteroatoms. The van der Waals surface area contributed by atoms with Crippen LogP contribution < -0.4 is 7.22 Å². The van der Waals surface area contributed by atoms with E-state index in [9.17, 15) is 4.79 Å². The van der Waals surface area contributed by atoms with Crippen LogP contribution in [-0.2, 0) is 0 Å². The van der Waals surface area contributed by atoms with E-state index in [1.54, 1.807) is 6.20 Å². The van der Waals surface area contributed by atoms with Gasteiger partial charge in [0.1, 0.15) is 0 Å². The number of ketones is 1. The Labute approximate surface area is 147 Å². The van der Waals surface area contributed by atoms with Gasteiger partial charge in [-0.15, -0.1) is 0 Å². The summed E-state index contributed by atoms with van der Waals surface area (Å²) < 4.78 is 2.72. The van der Waals surface area contributed by atoms with Gasteiger partial charge in [0.05, 0.1) is 0 Å². The van der Waals surface area contributed by atoms with Crippen LogP contribution in [0.3, 0.4) is 0 Å². The van der Waals surface area contributed by atoms with Crippen molar-refractivity contribution in [2.24, 2.45) is 5.41 Å². The van der Waals surface area contributed by atoms with Crippen LogP contribution in [0.2, 0.25) is 0 Å². The summed E-state index contributed by atoms with van der Waals surface area (Å²) in [6.07, 6.45) is 1.77. The SMILES string of the molecule is CC(C)(C)C(=O)c1ccc([Te]c2ccccc2)c2cccnc12. The van der Waals surface area contributed by atoms with Gasteiger partial charge in [-0.1, -0.05) is 0 Å². The van der Waals surface area contributed by atoms with Crippen molar-refractivity contribution in [3.05, 3.63) is 66.4 Å². The number of carbonyl (C=O) groups excluding carboxylic acids is 1. The van der Waals surface area contributed by atoms with E-state index >= 15 is 0 Å². The fraction of sp³-hybridized carbons (Fsp3) is 0.200. The van der Waals surface area contributed by atoms with Gasteiger partial charge in [-0.3, -0.25) is 0 Å². The molecule has 0 aliphatic rings. The minimum atomic E-state index is -0.491. The molecule has 0 saturated carbocycles. The third-order valence-electron chi connectivity index (χ3n) is 3.63. The first-order chi connectivity index (χ1) is 11.0. The van der Waals surface area contributed by atoms with Crippen LogP contribution in [0.5, 0.6) is 0 Å².